The number of hydrogen-bond donors (Lipinski definition) is 0. The van der Waals surface area contributed by atoms with Crippen molar-refractivity contribution in [3.8, 4) is 0 Å². The highest BCUT2D eigenvalue weighted by molar-refractivity contribution is 5.75. The third-order valence-electron chi connectivity index (χ3n) is 2.60. The summed E-state index contributed by atoms with van der Waals surface area (Å²) in [6.45, 7) is 4.74. The van der Waals surface area contributed by atoms with Crippen LogP contribution in [-0.4, -0.2) is 16.2 Å². The Bertz CT molecular complexity index is 462. The molecule has 2 aromatic rings. The van der Waals surface area contributed by atoms with Crippen molar-refractivity contribution in [3.63, 3.8) is 0 Å². The van der Waals surface area contributed by atoms with Crippen molar-refractivity contribution in [2.75, 3.05) is 6.61 Å². The van der Waals surface area contributed by atoms with Crippen LogP contribution in [0.4, 0.5) is 0 Å². The van der Waals surface area contributed by atoms with E-state index in [0.717, 1.165) is 16.9 Å². The maximum atomic E-state index is 5.55. The van der Waals surface area contributed by atoms with E-state index in [4.69, 9.17) is 4.74 Å². The number of aromatic nitrogens is 2. The molecule has 0 radical (unpaired) electrons. The van der Waals surface area contributed by atoms with Gasteiger partial charge in [-0.3, -0.25) is 0 Å². The van der Waals surface area contributed by atoms with Gasteiger partial charge in [0.25, 0.3) is 0 Å². The van der Waals surface area contributed by atoms with Gasteiger partial charge in [-0.2, -0.15) is 0 Å². The lowest BCUT2D eigenvalue weighted by Crippen LogP contribution is -2.06. The Kier molecular flexibility index (Phi) is 2.73. The number of hydrogen-bond acceptors (Lipinski definition) is 2. The predicted molar refractivity (Wildman–Crippen MR) is 60.8 cm³/mol. The van der Waals surface area contributed by atoms with Gasteiger partial charge in [-0.05, 0) is 26.0 Å². The summed E-state index contributed by atoms with van der Waals surface area (Å²) in [7, 11) is 2.03. The summed E-state index contributed by atoms with van der Waals surface area (Å²) < 4.78 is 7.65. The zero-order valence-electron chi connectivity index (χ0n) is 9.40. The molecular weight excluding hydrogens is 188 g/mol. The van der Waals surface area contributed by atoms with Crippen molar-refractivity contribution in [2.24, 2.45) is 7.05 Å². The number of imidazole rings is 1. The molecule has 1 heterocycles. The molecule has 1 unspecified atom stereocenters. The molecule has 2 rings (SSSR count). The molecular formula is C12H16N2O. The first-order valence-electron chi connectivity index (χ1n) is 5.27. The second-order valence-electron chi connectivity index (χ2n) is 3.62. The molecule has 1 aromatic heterocycles. The summed E-state index contributed by atoms with van der Waals surface area (Å²) in [5.74, 6) is 0.984. The first-order chi connectivity index (χ1) is 7.24. The normalized spacial score (nSPS) is 13.3. The molecule has 0 bridgehead atoms. The number of nitrogens with zero attached hydrogens (tertiary/aromatic N) is 2. The second kappa shape index (κ2) is 4.03. The van der Waals surface area contributed by atoms with Gasteiger partial charge in [0.1, 0.15) is 11.9 Å². The van der Waals surface area contributed by atoms with Crippen LogP contribution < -0.4 is 0 Å². The van der Waals surface area contributed by atoms with Crippen LogP contribution in [0, 0.1) is 0 Å². The van der Waals surface area contributed by atoms with Crippen molar-refractivity contribution in [1.82, 2.24) is 9.55 Å². The molecule has 0 saturated carbocycles. The predicted octanol–water partition coefficient (Wildman–Crippen LogP) is 2.67. The maximum Gasteiger partial charge on any atom is 0.138 e. The van der Waals surface area contributed by atoms with Crippen LogP contribution in [0.3, 0.4) is 0 Å². The highest BCUT2D eigenvalue weighted by Gasteiger charge is 2.13. The summed E-state index contributed by atoms with van der Waals surface area (Å²) >= 11 is 0. The lowest BCUT2D eigenvalue weighted by Gasteiger charge is -2.10. The van der Waals surface area contributed by atoms with Gasteiger partial charge in [0.2, 0.25) is 0 Å². The van der Waals surface area contributed by atoms with Gasteiger partial charge in [0.05, 0.1) is 11.0 Å². The Balaban J connectivity index is 2.48. The Morgan fingerprint density at radius 3 is 2.80 bits per heavy atom. The number of para-hydroxylation sites is 2. The average Bonchev–Trinajstić information content (AvgIpc) is 2.57. The van der Waals surface area contributed by atoms with E-state index in [1.54, 1.807) is 0 Å². The van der Waals surface area contributed by atoms with Gasteiger partial charge < -0.3 is 9.30 Å². The van der Waals surface area contributed by atoms with E-state index in [1.807, 2.05) is 39.1 Å². The first kappa shape index (κ1) is 10.2. The zero-order valence-corrected chi connectivity index (χ0v) is 9.40. The number of ether oxygens (including phenoxy) is 1. The van der Waals surface area contributed by atoms with Gasteiger partial charge in [-0.15, -0.1) is 0 Å². The van der Waals surface area contributed by atoms with Crippen molar-refractivity contribution in [3.05, 3.63) is 30.1 Å². The SMILES string of the molecule is CCOC(C)c1nc2ccccc2n1C. The summed E-state index contributed by atoms with van der Waals surface area (Å²) in [4.78, 5) is 4.57. The molecule has 0 aliphatic heterocycles. The minimum absolute atomic E-state index is 0.0485. The van der Waals surface area contributed by atoms with Crippen LogP contribution in [0.2, 0.25) is 0 Å². The standard InChI is InChI=1S/C12H16N2O/c1-4-15-9(2)12-13-10-7-5-6-8-11(10)14(12)3/h5-9H,4H2,1-3H3. The van der Waals surface area contributed by atoms with Crippen LogP contribution in [0.15, 0.2) is 24.3 Å². The average molecular weight is 204 g/mol. The molecule has 0 aliphatic carbocycles. The largest absolute Gasteiger partial charge is 0.371 e. The van der Waals surface area contributed by atoms with Crippen LogP contribution in [0.1, 0.15) is 25.8 Å². The minimum Gasteiger partial charge on any atom is -0.371 e. The minimum atomic E-state index is 0.0485. The van der Waals surface area contributed by atoms with Crippen molar-refractivity contribution in [1.29, 1.82) is 0 Å². The van der Waals surface area contributed by atoms with Gasteiger partial charge in [0.15, 0.2) is 0 Å². The number of benzene rings is 1. The summed E-state index contributed by atoms with van der Waals surface area (Å²) in [6, 6.07) is 8.13. The third-order valence-corrected chi connectivity index (χ3v) is 2.60. The Morgan fingerprint density at radius 1 is 1.40 bits per heavy atom. The van der Waals surface area contributed by atoms with Gasteiger partial charge in [0, 0.05) is 13.7 Å². The number of aryl methyl sites for hydroxylation is 1. The second-order valence-corrected chi connectivity index (χ2v) is 3.62. The topological polar surface area (TPSA) is 27.1 Å². The van der Waals surface area contributed by atoms with Crippen LogP contribution in [0.5, 0.6) is 0 Å². The monoisotopic (exact) mass is 204 g/mol. The molecule has 80 valence electrons. The van der Waals surface area contributed by atoms with E-state index in [-0.39, 0.29) is 6.10 Å². The van der Waals surface area contributed by atoms with E-state index >= 15 is 0 Å². The van der Waals surface area contributed by atoms with Crippen molar-refractivity contribution in [2.45, 2.75) is 20.0 Å². The van der Waals surface area contributed by atoms with E-state index in [1.165, 1.54) is 0 Å². The number of fused-ring (bicyclic) bond motifs is 1. The van der Waals surface area contributed by atoms with Crippen molar-refractivity contribution < 1.29 is 4.74 Å². The lowest BCUT2D eigenvalue weighted by molar-refractivity contribution is 0.0685. The molecule has 3 nitrogen and oxygen atoms in total. The van der Waals surface area contributed by atoms with Crippen molar-refractivity contribution >= 4 is 11.0 Å². The lowest BCUT2D eigenvalue weighted by atomic mass is 10.3. The Hall–Kier alpha value is -1.35. The van der Waals surface area contributed by atoms with Gasteiger partial charge in [-0.25, -0.2) is 4.98 Å². The summed E-state index contributed by atoms with van der Waals surface area (Å²) in [5, 5.41) is 0. The van der Waals surface area contributed by atoms with E-state index in [9.17, 15) is 0 Å². The fourth-order valence-corrected chi connectivity index (χ4v) is 1.85. The fraction of sp³-hybridized carbons (Fsp3) is 0.417. The van der Waals surface area contributed by atoms with E-state index in [0.29, 0.717) is 6.61 Å². The molecule has 1 atom stereocenters. The molecule has 0 N–H and O–H groups in total. The highest BCUT2D eigenvalue weighted by Crippen LogP contribution is 2.21. The quantitative estimate of drug-likeness (QED) is 0.768. The summed E-state index contributed by atoms with van der Waals surface area (Å²) in [6.07, 6.45) is 0.0485. The maximum absolute atomic E-state index is 5.55. The smallest absolute Gasteiger partial charge is 0.138 e. The highest BCUT2D eigenvalue weighted by atomic mass is 16.5. The molecule has 0 fully saturated rings. The third kappa shape index (κ3) is 1.75. The zero-order chi connectivity index (χ0) is 10.8. The number of rotatable bonds is 3. The first-order valence-corrected chi connectivity index (χ1v) is 5.27. The molecule has 0 saturated heterocycles. The molecule has 0 spiro atoms. The van der Waals surface area contributed by atoms with Crippen LogP contribution >= 0.6 is 0 Å². The summed E-state index contributed by atoms with van der Waals surface area (Å²) in [5.41, 5.74) is 2.18. The van der Waals surface area contributed by atoms with Gasteiger partial charge >= 0.3 is 0 Å². The fourth-order valence-electron chi connectivity index (χ4n) is 1.85. The van der Waals surface area contributed by atoms with E-state index < -0.39 is 0 Å². The Labute approximate surface area is 89.7 Å². The van der Waals surface area contributed by atoms with Gasteiger partial charge in [-0.1, -0.05) is 12.1 Å². The molecule has 0 amide bonds. The van der Waals surface area contributed by atoms with Crippen LogP contribution in [0.25, 0.3) is 11.0 Å². The molecule has 3 heteroatoms. The van der Waals surface area contributed by atoms with E-state index in [2.05, 4.69) is 15.6 Å². The van der Waals surface area contributed by atoms with Crippen LogP contribution in [-0.2, 0) is 11.8 Å². The Morgan fingerprint density at radius 2 is 2.13 bits per heavy atom. The molecule has 0 aliphatic rings. The molecule has 1 aromatic carbocycles. The molecule has 15 heavy (non-hydrogen) atoms.